The van der Waals surface area contributed by atoms with Gasteiger partial charge in [-0.15, -0.1) is 0 Å². The van der Waals surface area contributed by atoms with E-state index in [0.29, 0.717) is 30.0 Å². The van der Waals surface area contributed by atoms with Crippen LogP contribution in [0.25, 0.3) is 11.1 Å². The average Bonchev–Trinajstić information content (AvgIpc) is 2.67. The summed E-state index contributed by atoms with van der Waals surface area (Å²) >= 11 is 0. The van der Waals surface area contributed by atoms with Crippen molar-refractivity contribution in [3.8, 4) is 11.1 Å². The van der Waals surface area contributed by atoms with Gasteiger partial charge in [0.15, 0.2) is 17.5 Å². The predicted molar refractivity (Wildman–Crippen MR) is 105 cm³/mol. The van der Waals surface area contributed by atoms with Crippen LogP contribution < -0.4 is 0 Å². The minimum Gasteiger partial charge on any atom is -0.206 e. The third-order valence-electron chi connectivity index (χ3n) is 6.12. The van der Waals surface area contributed by atoms with Gasteiger partial charge in [-0.3, -0.25) is 0 Å². The molecule has 158 valence electrons. The Morgan fingerprint density at radius 1 is 0.724 bits per heavy atom. The fourth-order valence-electron chi connectivity index (χ4n) is 4.56. The monoisotopic (exact) mass is 410 g/mol. The molecule has 0 radical (unpaired) electrons. The lowest BCUT2D eigenvalue weighted by atomic mass is 9.78. The Balaban J connectivity index is 1.61. The molecular weight excluding hydrogens is 383 g/mol. The molecule has 1 aliphatic carbocycles. The van der Waals surface area contributed by atoms with Crippen LogP contribution in [0.15, 0.2) is 24.3 Å². The van der Waals surface area contributed by atoms with Crippen LogP contribution in [0, 0.1) is 40.9 Å². The van der Waals surface area contributed by atoms with Gasteiger partial charge in [-0.1, -0.05) is 51.9 Å². The van der Waals surface area contributed by atoms with Crippen molar-refractivity contribution < 1.29 is 22.0 Å². The quantitative estimate of drug-likeness (QED) is 0.321. The van der Waals surface area contributed by atoms with Crippen molar-refractivity contribution >= 4 is 0 Å². The zero-order valence-corrected chi connectivity index (χ0v) is 16.7. The molecule has 0 heterocycles. The van der Waals surface area contributed by atoms with Crippen molar-refractivity contribution in [2.45, 2.75) is 64.7 Å². The number of hydrogen-bond acceptors (Lipinski definition) is 0. The first-order valence-electron chi connectivity index (χ1n) is 10.5. The first kappa shape index (κ1) is 21.8. The summed E-state index contributed by atoms with van der Waals surface area (Å²) in [7, 11) is 0. The molecule has 0 aromatic heterocycles. The number of rotatable bonds is 7. The highest BCUT2D eigenvalue weighted by atomic mass is 19.2. The molecule has 5 heteroatoms. The minimum atomic E-state index is -1.66. The Kier molecular flexibility index (Phi) is 7.31. The van der Waals surface area contributed by atoms with Gasteiger partial charge in [-0.25, -0.2) is 22.0 Å². The average molecular weight is 410 g/mol. The van der Waals surface area contributed by atoms with Gasteiger partial charge in [0.05, 0.1) is 5.56 Å². The standard InChI is InChI=1S/C24H27F5/c1-2-4-15-7-9-16(10-8-15)5-3-6-17-11-19(25)23(20(26)12-17)18-13-21(27)24(29)22(28)14-18/h11-16H,2-10H2,1H3/t15-,16-. The molecule has 1 fully saturated rings. The zero-order chi connectivity index (χ0) is 21.0. The van der Waals surface area contributed by atoms with Gasteiger partial charge in [-0.05, 0) is 60.1 Å². The van der Waals surface area contributed by atoms with Crippen molar-refractivity contribution in [1.29, 1.82) is 0 Å². The Morgan fingerprint density at radius 3 is 1.76 bits per heavy atom. The van der Waals surface area contributed by atoms with E-state index in [0.717, 1.165) is 18.8 Å². The minimum absolute atomic E-state index is 0.355. The molecule has 0 nitrogen and oxygen atoms in total. The van der Waals surface area contributed by atoms with Gasteiger partial charge in [0.2, 0.25) is 0 Å². The highest BCUT2D eigenvalue weighted by Crippen LogP contribution is 2.34. The molecule has 0 aliphatic heterocycles. The summed E-state index contributed by atoms with van der Waals surface area (Å²) < 4.78 is 68.9. The van der Waals surface area contributed by atoms with Gasteiger partial charge in [-0.2, -0.15) is 0 Å². The topological polar surface area (TPSA) is 0 Å². The summed E-state index contributed by atoms with van der Waals surface area (Å²) in [6.07, 6.45) is 10.00. The highest BCUT2D eigenvalue weighted by Gasteiger charge is 2.21. The van der Waals surface area contributed by atoms with E-state index >= 15 is 0 Å². The largest absolute Gasteiger partial charge is 0.206 e. The highest BCUT2D eigenvalue weighted by molar-refractivity contribution is 5.65. The second kappa shape index (κ2) is 9.73. The second-order valence-corrected chi connectivity index (χ2v) is 8.26. The molecule has 1 aliphatic rings. The smallest absolute Gasteiger partial charge is 0.194 e. The van der Waals surface area contributed by atoms with Gasteiger partial charge in [0.1, 0.15) is 11.6 Å². The second-order valence-electron chi connectivity index (χ2n) is 8.26. The molecule has 3 rings (SSSR count). The Morgan fingerprint density at radius 2 is 1.24 bits per heavy atom. The lowest BCUT2D eigenvalue weighted by molar-refractivity contribution is 0.249. The van der Waals surface area contributed by atoms with Crippen molar-refractivity contribution in [2.24, 2.45) is 11.8 Å². The Bertz CT molecular complexity index is 791. The van der Waals surface area contributed by atoms with Crippen LogP contribution in [0.3, 0.4) is 0 Å². The molecule has 0 amide bonds. The van der Waals surface area contributed by atoms with Gasteiger partial charge in [0, 0.05) is 0 Å². The summed E-state index contributed by atoms with van der Waals surface area (Å²) in [4.78, 5) is 0. The predicted octanol–water partition coefficient (Wildman–Crippen LogP) is 7.98. The van der Waals surface area contributed by atoms with Crippen molar-refractivity contribution in [3.63, 3.8) is 0 Å². The number of hydrogen-bond donors (Lipinski definition) is 0. The van der Waals surface area contributed by atoms with E-state index in [9.17, 15) is 22.0 Å². The maximum atomic E-state index is 14.5. The van der Waals surface area contributed by atoms with Crippen LogP contribution in [0.1, 0.15) is 63.9 Å². The molecule has 2 aromatic rings. The molecule has 2 aromatic carbocycles. The van der Waals surface area contributed by atoms with Gasteiger partial charge >= 0.3 is 0 Å². The Hall–Kier alpha value is -1.91. The maximum Gasteiger partial charge on any atom is 0.194 e. The summed E-state index contributed by atoms with van der Waals surface area (Å²) in [5.74, 6) is -4.87. The third kappa shape index (κ3) is 5.37. The van der Waals surface area contributed by atoms with E-state index in [1.807, 2.05) is 0 Å². The van der Waals surface area contributed by atoms with Crippen molar-refractivity contribution in [3.05, 3.63) is 58.9 Å². The lowest BCUT2D eigenvalue weighted by Gasteiger charge is -2.28. The Labute approximate surface area is 169 Å². The summed E-state index contributed by atoms with van der Waals surface area (Å²) in [6.45, 7) is 2.22. The normalized spacial score (nSPS) is 19.5. The van der Waals surface area contributed by atoms with Crippen LogP contribution in [-0.2, 0) is 6.42 Å². The molecule has 0 bridgehead atoms. The molecule has 1 saturated carbocycles. The fourth-order valence-corrected chi connectivity index (χ4v) is 4.56. The van der Waals surface area contributed by atoms with E-state index < -0.39 is 34.6 Å². The SMILES string of the molecule is CCC[C@H]1CC[C@H](CCCc2cc(F)c(-c3cc(F)c(F)c(F)c3)c(F)c2)CC1. The van der Waals surface area contributed by atoms with Crippen molar-refractivity contribution in [2.75, 3.05) is 0 Å². The molecule has 0 saturated heterocycles. The van der Waals surface area contributed by atoms with E-state index in [2.05, 4.69) is 6.92 Å². The van der Waals surface area contributed by atoms with Crippen LogP contribution in [0.4, 0.5) is 22.0 Å². The first-order valence-corrected chi connectivity index (χ1v) is 10.5. The number of aryl methyl sites for hydroxylation is 1. The number of benzene rings is 2. The van der Waals surface area contributed by atoms with Crippen LogP contribution in [0.2, 0.25) is 0 Å². The fraction of sp³-hybridized carbons (Fsp3) is 0.500. The molecule has 0 unspecified atom stereocenters. The summed E-state index contributed by atoms with van der Waals surface area (Å²) in [5, 5.41) is 0. The molecule has 0 N–H and O–H groups in total. The number of halogens is 5. The summed E-state index contributed by atoms with van der Waals surface area (Å²) in [5.41, 5.74) is -0.376. The van der Waals surface area contributed by atoms with Crippen LogP contribution in [-0.4, -0.2) is 0 Å². The van der Waals surface area contributed by atoms with Crippen LogP contribution >= 0.6 is 0 Å². The third-order valence-corrected chi connectivity index (χ3v) is 6.12. The lowest BCUT2D eigenvalue weighted by Crippen LogP contribution is -2.14. The van der Waals surface area contributed by atoms with Gasteiger partial charge < -0.3 is 0 Å². The summed E-state index contributed by atoms with van der Waals surface area (Å²) in [6, 6.07) is 3.62. The van der Waals surface area contributed by atoms with E-state index in [1.54, 1.807) is 0 Å². The van der Waals surface area contributed by atoms with Crippen LogP contribution in [0.5, 0.6) is 0 Å². The zero-order valence-electron chi connectivity index (χ0n) is 16.7. The van der Waals surface area contributed by atoms with Crippen molar-refractivity contribution in [1.82, 2.24) is 0 Å². The molecular formula is C24H27F5. The van der Waals surface area contributed by atoms with E-state index in [4.69, 9.17) is 0 Å². The molecule has 0 atom stereocenters. The first-order chi connectivity index (χ1) is 13.9. The van der Waals surface area contributed by atoms with Gasteiger partial charge in [0.25, 0.3) is 0 Å². The van der Waals surface area contributed by atoms with E-state index in [1.165, 1.54) is 50.7 Å². The van der Waals surface area contributed by atoms with E-state index in [-0.39, 0.29) is 5.56 Å². The maximum absolute atomic E-state index is 14.5. The molecule has 29 heavy (non-hydrogen) atoms. The molecule has 0 spiro atoms.